The van der Waals surface area contributed by atoms with Crippen LogP contribution in [0.4, 0.5) is 0 Å². The fourth-order valence-corrected chi connectivity index (χ4v) is 3.20. The van der Waals surface area contributed by atoms with Gasteiger partial charge in [0.2, 0.25) is 0 Å². The van der Waals surface area contributed by atoms with Crippen molar-refractivity contribution in [2.24, 2.45) is 5.92 Å². The SMILES string of the molecule is COc1cc(Br)c(C(Cl)C2CCC2)cc1OC. The molecular formula is C13H16BrClO2. The van der Waals surface area contributed by atoms with Gasteiger partial charge in [0.25, 0.3) is 0 Å². The van der Waals surface area contributed by atoms with E-state index < -0.39 is 0 Å². The van der Waals surface area contributed by atoms with E-state index in [0.717, 1.165) is 21.5 Å². The number of ether oxygens (including phenoxy) is 2. The standard InChI is InChI=1S/C13H16BrClO2/c1-16-11-6-9(10(14)7-12(11)17-2)13(15)8-4-3-5-8/h6-8,13H,3-5H2,1-2H3. The van der Waals surface area contributed by atoms with Gasteiger partial charge in [-0.3, -0.25) is 0 Å². The van der Waals surface area contributed by atoms with Gasteiger partial charge in [-0.2, -0.15) is 0 Å². The van der Waals surface area contributed by atoms with Crippen LogP contribution < -0.4 is 9.47 Å². The Morgan fingerprint density at radius 3 is 2.29 bits per heavy atom. The van der Waals surface area contributed by atoms with Crippen LogP contribution in [0.25, 0.3) is 0 Å². The largest absolute Gasteiger partial charge is 0.493 e. The Kier molecular flexibility index (Phi) is 4.21. The third kappa shape index (κ3) is 2.55. The molecule has 17 heavy (non-hydrogen) atoms. The van der Waals surface area contributed by atoms with E-state index in [1.807, 2.05) is 12.1 Å². The monoisotopic (exact) mass is 318 g/mol. The molecule has 1 aromatic rings. The first-order chi connectivity index (χ1) is 8.17. The number of benzene rings is 1. The normalized spacial score (nSPS) is 17.4. The van der Waals surface area contributed by atoms with Crippen LogP contribution in [0.15, 0.2) is 16.6 Å². The van der Waals surface area contributed by atoms with Crippen molar-refractivity contribution in [3.63, 3.8) is 0 Å². The third-order valence-corrected chi connectivity index (χ3v) is 4.64. The Hall–Kier alpha value is -0.410. The number of halogens is 2. The van der Waals surface area contributed by atoms with Gasteiger partial charge < -0.3 is 9.47 Å². The topological polar surface area (TPSA) is 18.5 Å². The molecule has 1 saturated carbocycles. The molecule has 1 aliphatic carbocycles. The van der Waals surface area contributed by atoms with E-state index in [1.54, 1.807) is 14.2 Å². The molecule has 94 valence electrons. The first-order valence-electron chi connectivity index (χ1n) is 5.73. The van der Waals surface area contributed by atoms with Crippen molar-refractivity contribution >= 4 is 27.5 Å². The Labute approximate surface area is 115 Å². The van der Waals surface area contributed by atoms with Crippen LogP contribution in [0.1, 0.15) is 30.2 Å². The molecule has 1 unspecified atom stereocenters. The molecule has 4 heteroatoms. The zero-order valence-electron chi connectivity index (χ0n) is 10.0. The average molecular weight is 320 g/mol. The first kappa shape index (κ1) is 13.0. The van der Waals surface area contributed by atoms with E-state index in [1.165, 1.54) is 19.3 Å². The lowest BCUT2D eigenvalue weighted by atomic mass is 9.80. The predicted molar refractivity (Wildman–Crippen MR) is 73.2 cm³/mol. The molecule has 0 N–H and O–H groups in total. The van der Waals surface area contributed by atoms with E-state index in [2.05, 4.69) is 15.9 Å². The second-order valence-electron chi connectivity index (χ2n) is 4.32. The molecule has 0 aliphatic heterocycles. The van der Waals surface area contributed by atoms with E-state index in [9.17, 15) is 0 Å². The van der Waals surface area contributed by atoms with Gasteiger partial charge >= 0.3 is 0 Å². The van der Waals surface area contributed by atoms with Crippen LogP contribution in [0.3, 0.4) is 0 Å². The van der Waals surface area contributed by atoms with E-state index in [0.29, 0.717) is 5.92 Å². The first-order valence-corrected chi connectivity index (χ1v) is 6.95. The van der Waals surface area contributed by atoms with Crippen molar-refractivity contribution in [3.05, 3.63) is 22.2 Å². The molecular weight excluding hydrogens is 303 g/mol. The maximum absolute atomic E-state index is 6.51. The van der Waals surface area contributed by atoms with Crippen LogP contribution in [0, 0.1) is 5.92 Å². The Morgan fingerprint density at radius 1 is 1.24 bits per heavy atom. The van der Waals surface area contributed by atoms with E-state index in [4.69, 9.17) is 21.1 Å². The Bertz CT molecular complexity index is 405. The average Bonchev–Trinajstić information content (AvgIpc) is 2.26. The molecule has 0 aromatic heterocycles. The highest BCUT2D eigenvalue weighted by Gasteiger charge is 2.29. The molecule has 1 atom stereocenters. The van der Waals surface area contributed by atoms with Crippen LogP contribution in [0.5, 0.6) is 11.5 Å². The highest BCUT2D eigenvalue weighted by molar-refractivity contribution is 9.10. The summed E-state index contributed by atoms with van der Waals surface area (Å²) in [5, 5.41) is 0.0536. The van der Waals surface area contributed by atoms with Crippen molar-refractivity contribution in [1.82, 2.24) is 0 Å². The van der Waals surface area contributed by atoms with Crippen molar-refractivity contribution in [3.8, 4) is 11.5 Å². The summed E-state index contributed by atoms with van der Waals surface area (Å²) in [6, 6.07) is 3.89. The summed E-state index contributed by atoms with van der Waals surface area (Å²) >= 11 is 10.1. The summed E-state index contributed by atoms with van der Waals surface area (Å²) in [4.78, 5) is 0. The molecule has 0 amide bonds. The zero-order valence-corrected chi connectivity index (χ0v) is 12.3. The van der Waals surface area contributed by atoms with Gasteiger partial charge in [0.15, 0.2) is 11.5 Å². The molecule has 0 spiro atoms. The maximum Gasteiger partial charge on any atom is 0.161 e. The summed E-state index contributed by atoms with van der Waals surface area (Å²) in [5.74, 6) is 2.04. The van der Waals surface area contributed by atoms with Gasteiger partial charge in [-0.25, -0.2) is 0 Å². The van der Waals surface area contributed by atoms with Crippen molar-refractivity contribution < 1.29 is 9.47 Å². The Morgan fingerprint density at radius 2 is 1.82 bits per heavy atom. The summed E-state index contributed by atoms with van der Waals surface area (Å²) in [5.41, 5.74) is 1.09. The summed E-state index contributed by atoms with van der Waals surface area (Å²) in [6.07, 6.45) is 3.72. The lowest BCUT2D eigenvalue weighted by molar-refractivity contribution is 0.304. The zero-order chi connectivity index (χ0) is 12.4. The quantitative estimate of drug-likeness (QED) is 0.758. The summed E-state index contributed by atoms with van der Waals surface area (Å²) in [7, 11) is 3.27. The number of rotatable bonds is 4. The number of hydrogen-bond donors (Lipinski definition) is 0. The predicted octanol–water partition coefficient (Wildman–Crippen LogP) is 4.55. The van der Waals surface area contributed by atoms with E-state index in [-0.39, 0.29) is 5.38 Å². The molecule has 1 aromatic carbocycles. The summed E-state index contributed by atoms with van der Waals surface area (Å²) in [6.45, 7) is 0. The number of methoxy groups -OCH3 is 2. The van der Waals surface area contributed by atoms with Gasteiger partial charge in [0.1, 0.15) is 0 Å². The van der Waals surface area contributed by atoms with Crippen molar-refractivity contribution in [2.75, 3.05) is 14.2 Å². The molecule has 0 bridgehead atoms. The van der Waals surface area contributed by atoms with Crippen LogP contribution >= 0.6 is 27.5 Å². The van der Waals surface area contributed by atoms with Gasteiger partial charge in [-0.05, 0) is 36.5 Å². The van der Waals surface area contributed by atoms with Crippen LogP contribution in [-0.2, 0) is 0 Å². The van der Waals surface area contributed by atoms with Crippen LogP contribution in [0.2, 0.25) is 0 Å². The highest BCUT2D eigenvalue weighted by atomic mass is 79.9. The third-order valence-electron chi connectivity index (χ3n) is 3.36. The molecule has 2 nitrogen and oxygen atoms in total. The lowest BCUT2D eigenvalue weighted by Gasteiger charge is -2.30. The minimum atomic E-state index is 0.0536. The second kappa shape index (κ2) is 5.49. The van der Waals surface area contributed by atoms with Gasteiger partial charge in [0, 0.05) is 4.47 Å². The molecule has 1 aliphatic rings. The number of alkyl halides is 1. The van der Waals surface area contributed by atoms with E-state index >= 15 is 0 Å². The summed E-state index contributed by atoms with van der Waals surface area (Å²) < 4.78 is 11.6. The molecule has 0 radical (unpaired) electrons. The molecule has 0 heterocycles. The Balaban J connectivity index is 2.32. The lowest BCUT2D eigenvalue weighted by Crippen LogP contribution is -2.17. The number of hydrogen-bond acceptors (Lipinski definition) is 2. The molecule has 0 saturated heterocycles. The molecule has 2 rings (SSSR count). The molecule has 1 fully saturated rings. The highest BCUT2D eigenvalue weighted by Crippen LogP contribution is 2.46. The van der Waals surface area contributed by atoms with Gasteiger partial charge in [-0.15, -0.1) is 11.6 Å². The minimum Gasteiger partial charge on any atom is -0.493 e. The fraction of sp³-hybridized carbons (Fsp3) is 0.538. The van der Waals surface area contributed by atoms with Crippen molar-refractivity contribution in [2.45, 2.75) is 24.6 Å². The second-order valence-corrected chi connectivity index (χ2v) is 5.65. The van der Waals surface area contributed by atoms with Crippen molar-refractivity contribution in [1.29, 1.82) is 0 Å². The fourth-order valence-electron chi connectivity index (χ4n) is 2.07. The van der Waals surface area contributed by atoms with Gasteiger partial charge in [-0.1, -0.05) is 22.4 Å². The maximum atomic E-state index is 6.51. The smallest absolute Gasteiger partial charge is 0.161 e. The minimum absolute atomic E-state index is 0.0536. The van der Waals surface area contributed by atoms with Gasteiger partial charge in [0.05, 0.1) is 19.6 Å². The van der Waals surface area contributed by atoms with Crippen LogP contribution in [-0.4, -0.2) is 14.2 Å².